The van der Waals surface area contributed by atoms with Crippen LogP contribution in [0, 0.1) is 0 Å². The maximum Gasteiger partial charge on any atom is 0.244 e. The topological polar surface area (TPSA) is 76.0 Å². The fourth-order valence-corrected chi connectivity index (χ4v) is 2.10. The number of hydrogen-bond acceptors (Lipinski definition) is 3. The van der Waals surface area contributed by atoms with Crippen molar-refractivity contribution in [1.29, 1.82) is 0 Å². The summed E-state index contributed by atoms with van der Waals surface area (Å²) in [7, 11) is 1.81. The molecule has 0 bridgehead atoms. The summed E-state index contributed by atoms with van der Waals surface area (Å²) in [6.45, 7) is 0.435. The van der Waals surface area contributed by atoms with Crippen LogP contribution in [0.2, 0.25) is 5.02 Å². The van der Waals surface area contributed by atoms with Gasteiger partial charge in [0.05, 0.1) is 6.20 Å². The van der Waals surface area contributed by atoms with Gasteiger partial charge in [-0.3, -0.25) is 14.3 Å². The maximum absolute atomic E-state index is 11.8. The molecule has 0 saturated heterocycles. The molecule has 2 rings (SSSR count). The van der Waals surface area contributed by atoms with Crippen LogP contribution in [0.15, 0.2) is 42.7 Å². The molecule has 1 heterocycles. The number of hydrogen-bond donors (Lipinski definition) is 2. The van der Waals surface area contributed by atoms with Crippen LogP contribution in [0.3, 0.4) is 0 Å². The molecule has 0 radical (unpaired) electrons. The molecule has 0 saturated carbocycles. The van der Waals surface area contributed by atoms with Gasteiger partial charge in [0.25, 0.3) is 0 Å². The number of halogens is 1. The molecule has 7 heteroatoms. The first-order chi connectivity index (χ1) is 11.5. The molecule has 0 fully saturated rings. The normalized spacial score (nSPS) is 10.8. The van der Waals surface area contributed by atoms with Gasteiger partial charge >= 0.3 is 0 Å². The second-order valence-corrected chi connectivity index (χ2v) is 5.67. The van der Waals surface area contributed by atoms with Gasteiger partial charge in [-0.25, -0.2) is 0 Å². The molecule has 2 amide bonds. The highest BCUT2D eigenvalue weighted by atomic mass is 35.5. The molecule has 2 aromatic rings. The zero-order valence-corrected chi connectivity index (χ0v) is 14.1. The third kappa shape index (κ3) is 6.26. The van der Waals surface area contributed by atoms with Crippen LogP contribution >= 0.6 is 11.6 Å². The first-order valence-corrected chi connectivity index (χ1v) is 7.91. The quantitative estimate of drug-likeness (QED) is 0.597. The van der Waals surface area contributed by atoms with Crippen molar-refractivity contribution in [1.82, 2.24) is 15.1 Å². The van der Waals surface area contributed by atoms with Crippen molar-refractivity contribution in [3.63, 3.8) is 0 Å². The molecule has 0 atom stereocenters. The smallest absolute Gasteiger partial charge is 0.244 e. The predicted molar refractivity (Wildman–Crippen MR) is 94.6 cm³/mol. The van der Waals surface area contributed by atoms with Gasteiger partial charge in [-0.15, -0.1) is 0 Å². The minimum atomic E-state index is -0.197. The summed E-state index contributed by atoms with van der Waals surface area (Å²) in [5.41, 5.74) is 1.56. The van der Waals surface area contributed by atoms with Gasteiger partial charge < -0.3 is 10.6 Å². The van der Waals surface area contributed by atoms with Gasteiger partial charge in [-0.05, 0) is 36.8 Å². The van der Waals surface area contributed by atoms with Crippen LogP contribution in [0.4, 0.5) is 5.69 Å². The second-order valence-electron chi connectivity index (χ2n) is 5.23. The summed E-state index contributed by atoms with van der Waals surface area (Å²) in [5.74, 6) is -0.297. The number of aryl methyl sites for hydroxylation is 1. The molecule has 0 spiro atoms. The highest BCUT2D eigenvalue weighted by Gasteiger charge is 2.03. The van der Waals surface area contributed by atoms with Crippen molar-refractivity contribution in [2.45, 2.75) is 12.8 Å². The summed E-state index contributed by atoms with van der Waals surface area (Å²) in [6, 6.07) is 6.91. The summed E-state index contributed by atoms with van der Waals surface area (Å²) in [5, 5.41) is 10.1. The van der Waals surface area contributed by atoms with Crippen molar-refractivity contribution in [2.24, 2.45) is 7.05 Å². The fraction of sp³-hybridized carbons (Fsp3) is 0.235. The first-order valence-electron chi connectivity index (χ1n) is 7.53. The Hall–Kier alpha value is -2.60. The summed E-state index contributed by atoms with van der Waals surface area (Å²) < 4.78 is 1.66. The summed E-state index contributed by atoms with van der Waals surface area (Å²) >= 11 is 5.78. The Morgan fingerprint density at radius 1 is 1.29 bits per heavy atom. The van der Waals surface area contributed by atoms with Crippen LogP contribution < -0.4 is 10.6 Å². The average Bonchev–Trinajstić information content (AvgIpc) is 2.97. The Labute approximate surface area is 145 Å². The van der Waals surface area contributed by atoms with E-state index in [0.717, 1.165) is 5.56 Å². The van der Waals surface area contributed by atoms with Gasteiger partial charge in [0.1, 0.15) is 0 Å². The van der Waals surface area contributed by atoms with E-state index in [1.807, 2.05) is 13.2 Å². The lowest BCUT2D eigenvalue weighted by atomic mass is 10.2. The van der Waals surface area contributed by atoms with E-state index in [4.69, 9.17) is 11.6 Å². The van der Waals surface area contributed by atoms with E-state index in [0.29, 0.717) is 30.1 Å². The number of anilines is 1. The van der Waals surface area contributed by atoms with Crippen LogP contribution in [-0.4, -0.2) is 28.1 Å². The standard InChI is InChI=1S/C17H19ClN4O2/c1-22-12-13(11-20-22)4-9-16(23)19-10-2-3-17(24)21-15-7-5-14(18)6-8-15/h4-9,11-12H,2-3,10H2,1H3,(H,19,23)(H,21,24). The Morgan fingerprint density at radius 3 is 2.71 bits per heavy atom. The number of amides is 2. The van der Waals surface area contributed by atoms with E-state index in [1.54, 1.807) is 41.2 Å². The van der Waals surface area contributed by atoms with Crippen LogP contribution in [0.1, 0.15) is 18.4 Å². The predicted octanol–water partition coefficient (Wildman–Crippen LogP) is 2.62. The van der Waals surface area contributed by atoms with E-state index in [-0.39, 0.29) is 11.8 Å². The highest BCUT2D eigenvalue weighted by molar-refractivity contribution is 6.30. The molecule has 1 aromatic carbocycles. The Morgan fingerprint density at radius 2 is 2.04 bits per heavy atom. The number of aromatic nitrogens is 2. The zero-order valence-electron chi connectivity index (χ0n) is 13.3. The maximum atomic E-state index is 11.8. The van der Waals surface area contributed by atoms with Gasteiger partial charge in [0.15, 0.2) is 0 Å². The van der Waals surface area contributed by atoms with Gasteiger partial charge in [0, 0.05) is 48.6 Å². The van der Waals surface area contributed by atoms with Crippen LogP contribution in [-0.2, 0) is 16.6 Å². The molecule has 24 heavy (non-hydrogen) atoms. The largest absolute Gasteiger partial charge is 0.353 e. The van der Waals surface area contributed by atoms with Gasteiger partial charge in [-0.2, -0.15) is 5.10 Å². The lowest BCUT2D eigenvalue weighted by Crippen LogP contribution is -2.23. The number of nitrogens with one attached hydrogen (secondary N) is 2. The summed E-state index contributed by atoms with van der Waals surface area (Å²) in [4.78, 5) is 23.4. The molecule has 0 unspecified atom stereocenters. The molecule has 6 nitrogen and oxygen atoms in total. The van der Waals surface area contributed by atoms with Crippen molar-refractivity contribution in [2.75, 3.05) is 11.9 Å². The monoisotopic (exact) mass is 346 g/mol. The van der Waals surface area contributed by atoms with E-state index < -0.39 is 0 Å². The molecule has 126 valence electrons. The number of carbonyl (C=O) groups excluding carboxylic acids is 2. The molecule has 0 aliphatic rings. The minimum absolute atomic E-state index is 0.0996. The Kier molecular flexibility index (Phi) is 6.57. The van der Waals surface area contributed by atoms with Crippen molar-refractivity contribution < 1.29 is 9.59 Å². The first kappa shape index (κ1) is 17.7. The average molecular weight is 347 g/mol. The lowest BCUT2D eigenvalue weighted by Gasteiger charge is -2.05. The number of benzene rings is 1. The third-order valence-electron chi connectivity index (χ3n) is 3.16. The molecular formula is C17H19ClN4O2. The molecule has 0 aliphatic heterocycles. The van der Waals surface area contributed by atoms with E-state index in [2.05, 4.69) is 15.7 Å². The van der Waals surface area contributed by atoms with Crippen molar-refractivity contribution in [3.05, 3.63) is 53.3 Å². The van der Waals surface area contributed by atoms with Crippen molar-refractivity contribution in [3.8, 4) is 0 Å². The number of nitrogens with zero attached hydrogens (tertiary/aromatic N) is 2. The Bertz CT molecular complexity index is 722. The minimum Gasteiger partial charge on any atom is -0.353 e. The van der Waals surface area contributed by atoms with Gasteiger partial charge in [0.2, 0.25) is 11.8 Å². The second kappa shape index (κ2) is 8.88. The molecular weight excluding hydrogens is 328 g/mol. The molecule has 2 N–H and O–H groups in total. The fourth-order valence-electron chi connectivity index (χ4n) is 1.97. The number of carbonyl (C=O) groups is 2. The van der Waals surface area contributed by atoms with E-state index in [9.17, 15) is 9.59 Å². The molecule has 0 aliphatic carbocycles. The van der Waals surface area contributed by atoms with Gasteiger partial charge in [-0.1, -0.05) is 11.6 Å². The van der Waals surface area contributed by atoms with Crippen molar-refractivity contribution >= 4 is 35.2 Å². The van der Waals surface area contributed by atoms with Crippen LogP contribution in [0.25, 0.3) is 6.08 Å². The number of rotatable bonds is 7. The van der Waals surface area contributed by atoms with E-state index in [1.165, 1.54) is 6.08 Å². The zero-order chi connectivity index (χ0) is 17.4. The van der Waals surface area contributed by atoms with E-state index >= 15 is 0 Å². The molecule has 1 aromatic heterocycles. The SMILES string of the molecule is Cn1cc(C=CC(=O)NCCCC(=O)Nc2ccc(Cl)cc2)cn1. The third-order valence-corrected chi connectivity index (χ3v) is 3.41. The van der Waals surface area contributed by atoms with Crippen LogP contribution in [0.5, 0.6) is 0 Å². The summed E-state index contributed by atoms with van der Waals surface area (Å²) in [6.07, 6.45) is 7.51. The lowest BCUT2D eigenvalue weighted by molar-refractivity contribution is -0.118. The Balaban J connectivity index is 1.63. The highest BCUT2D eigenvalue weighted by Crippen LogP contribution is 2.13.